The molecule has 0 aromatic heterocycles. The van der Waals surface area contributed by atoms with E-state index in [0.29, 0.717) is 23.3 Å². The number of esters is 1. The van der Waals surface area contributed by atoms with E-state index in [4.69, 9.17) is 16.3 Å². The average molecular weight is 695 g/mol. The summed E-state index contributed by atoms with van der Waals surface area (Å²) in [7, 11) is 0. The molecule has 3 aliphatic rings. The zero-order valence-corrected chi connectivity index (χ0v) is 26.7. The maximum Gasteiger partial charge on any atom is 0.325 e. The second-order valence-corrected chi connectivity index (χ2v) is 11.4. The lowest BCUT2D eigenvalue weighted by Crippen LogP contribution is -2.58. The largest absolute Gasteiger partial charge is 0.424 e. The molecule has 0 aliphatic carbocycles. The number of carbonyl (C=O) groups excluding carboxylic acids is 10. The SMILES string of the molecule is CCC[C@@H](N)Cc1ccc2c(c1)NC(=O)C(C(=O)N(N)C(=O)CCN1C(=O)C=CC1=O)C(C(=O)NNC(=O)CCN1C(=O)C=CC1=O)C(=O)O2. The Morgan fingerprint density at radius 3 is 2.04 bits per heavy atom. The second kappa shape index (κ2) is 15.9. The lowest BCUT2D eigenvalue weighted by atomic mass is 9.88. The molecule has 50 heavy (non-hydrogen) atoms. The number of hydrogen-bond acceptors (Lipinski definition) is 13. The van der Waals surface area contributed by atoms with Gasteiger partial charge in [-0.05, 0) is 30.5 Å². The molecule has 7 N–H and O–H groups in total. The Balaban J connectivity index is 1.55. The molecule has 0 saturated heterocycles. The van der Waals surface area contributed by atoms with Gasteiger partial charge in [0.25, 0.3) is 35.4 Å². The third kappa shape index (κ3) is 8.49. The highest BCUT2D eigenvalue weighted by Gasteiger charge is 2.49. The summed E-state index contributed by atoms with van der Waals surface area (Å²) in [6, 6.07) is 4.18. The Morgan fingerprint density at radius 2 is 1.46 bits per heavy atom. The molecule has 0 radical (unpaired) electrons. The first kappa shape index (κ1) is 36.8. The highest BCUT2D eigenvalue weighted by molar-refractivity contribution is 6.18. The fourth-order valence-electron chi connectivity index (χ4n) is 5.24. The number of imide groups is 3. The van der Waals surface area contributed by atoms with E-state index in [9.17, 15) is 47.9 Å². The van der Waals surface area contributed by atoms with Gasteiger partial charge in [-0.2, -0.15) is 0 Å². The lowest BCUT2D eigenvalue weighted by Gasteiger charge is -2.29. The van der Waals surface area contributed by atoms with Gasteiger partial charge in [-0.3, -0.25) is 68.6 Å². The summed E-state index contributed by atoms with van der Waals surface area (Å²) in [5.74, 6) is -9.52. The number of hydrazine groups is 2. The molecule has 264 valence electrons. The molecule has 3 heterocycles. The minimum absolute atomic E-state index is 0.0182. The fourth-order valence-corrected chi connectivity index (χ4v) is 5.24. The summed E-state index contributed by atoms with van der Waals surface area (Å²) < 4.78 is 5.40. The first-order chi connectivity index (χ1) is 23.7. The standard InChI is InChI=1S/C31H34N8O11/c1-2-3-17(32)14-16-4-5-19-18(15-16)34-28(46)26(30(48)39(33)25(45)11-13-38-23(43)8-9-24(38)44)27(31(49)50-19)29(47)36-35-20(40)10-12-37-21(41)6-7-22(37)42/h4-9,15,17,26-27H,2-3,10-14,32-33H2,1H3,(H,34,46)(H,35,40)(H,36,47)/t17-,26?,27?/m1/s1. The van der Waals surface area contributed by atoms with E-state index >= 15 is 0 Å². The van der Waals surface area contributed by atoms with Crippen LogP contribution in [0.5, 0.6) is 5.75 Å². The Labute approximate surface area is 283 Å². The van der Waals surface area contributed by atoms with Gasteiger partial charge in [0, 0.05) is 56.3 Å². The van der Waals surface area contributed by atoms with Crippen LogP contribution in [-0.2, 0) is 54.4 Å². The highest BCUT2D eigenvalue weighted by Crippen LogP contribution is 2.32. The number of nitrogens with zero attached hydrogens (tertiary/aromatic N) is 3. The van der Waals surface area contributed by atoms with Crippen LogP contribution in [0.4, 0.5) is 5.69 Å². The number of nitrogens with two attached hydrogens (primary N) is 2. The van der Waals surface area contributed by atoms with Crippen LogP contribution < -0.4 is 32.5 Å². The molecule has 3 atom stereocenters. The molecular weight excluding hydrogens is 660 g/mol. The molecule has 1 aromatic carbocycles. The monoisotopic (exact) mass is 694 g/mol. The zero-order valence-electron chi connectivity index (χ0n) is 26.7. The molecule has 1 aromatic rings. The summed E-state index contributed by atoms with van der Waals surface area (Å²) in [6.45, 7) is 1.14. The summed E-state index contributed by atoms with van der Waals surface area (Å²) in [5, 5.41) is 2.41. The average Bonchev–Trinajstić information content (AvgIpc) is 3.57. The zero-order chi connectivity index (χ0) is 36.7. The van der Waals surface area contributed by atoms with Gasteiger partial charge in [-0.1, -0.05) is 19.4 Å². The predicted octanol–water partition coefficient (Wildman–Crippen LogP) is -2.55. The molecule has 0 spiro atoms. The molecule has 19 heteroatoms. The van der Waals surface area contributed by atoms with Gasteiger partial charge in [0.05, 0.1) is 5.69 Å². The van der Waals surface area contributed by atoms with Crippen LogP contribution in [-0.4, -0.2) is 93.1 Å². The molecule has 4 rings (SSSR count). The summed E-state index contributed by atoms with van der Waals surface area (Å²) in [4.78, 5) is 128. The Kier molecular flexibility index (Phi) is 11.7. The van der Waals surface area contributed by atoms with Gasteiger partial charge < -0.3 is 15.8 Å². The normalized spacial score (nSPS) is 19.0. The topological polar surface area (TPSA) is 278 Å². The Morgan fingerprint density at radius 1 is 0.880 bits per heavy atom. The van der Waals surface area contributed by atoms with E-state index in [1.807, 2.05) is 17.8 Å². The number of benzene rings is 1. The first-order valence-corrected chi connectivity index (χ1v) is 15.4. The Hall–Kier alpha value is -6.08. The number of rotatable bonds is 12. The van der Waals surface area contributed by atoms with Crippen molar-refractivity contribution in [2.45, 2.75) is 45.1 Å². The number of anilines is 1. The number of nitrogens with one attached hydrogen (secondary N) is 3. The smallest absolute Gasteiger partial charge is 0.325 e. The van der Waals surface area contributed by atoms with Crippen molar-refractivity contribution in [1.82, 2.24) is 25.7 Å². The highest BCUT2D eigenvalue weighted by atomic mass is 16.5. The van der Waals surface area contributed by atoms with Crippen LogP contribution >= 0.6 is 0 Å². The first-order valence-electron chi connectivity index (χ1n) is 15.4. The van der Waals surface area contributed by atoms with E-state index in [-0.39, 0.29) is 29.0 Å². The van der Waals surface area contributed by atoms with E-state index in [1.165, 1.54) is 12.1 Å². The maximum atomic E-state index is 13.7. The van der Waals surface area contributed by atoms with Crippen LogP contribution in [0.15, 0.2) is 42.5 Å². The quantitative estimate of drug-likeness (QED) is 0.0287. The van der Waals surface area contributed by atoms with Crippen LogP contribution in [0.1, 0.15) is 38.2 Å². The van der Waals surface area contributed by atoms with Crippen molar-refractivity contribution in [2.75, 3.05) is 18.4 Å². The van der Waals surface area contributed by atoms with E-state index in [0.717, 1.165) is 35.6 Å². The van der Waals surface area contributed by atoms with Gasteiger partial charge in [-0.15, -0.1) is 0 Å². The number of hydrogen-bond donors (Lipinski definition) is 5. The van der Waals surface area contributed by atoms with E-state index in [1.54, 1.807) is 6.07 Å². The third-order valence-corrected chi connectivity index (χ3v) is 7.83. The minimum Gasteiger partial charge on any atom is -0.424 e. The van der Waals surface area contributed by atoms with Gasteiger partial charge >= 0.3 is 5.97 Å². The van der Waals surface area contributed by atoms with Crippen LogP contribution in [0, 0.1) is 11.8 Å². The predicted molar refractivity (Wildman–Crippen MR) is 168 cm³/mol. The van der Waals surface area contributed by atoms with Gasteiger partial charge in [-0.25, -0.2) is 10.9 Å². The maximum absolute atomic E-state index is 13.7. The number of carbonyl (C=O) groups is 10. The molecule has 0 fully saturated rings. The van der Waals surface area contributed by atoms with Crippen LogP contribution in [0.2, 0.25) is 0 Å². The van der Waals surface area contributed by atoms with Crippen LogP contribution in [0.3, 0.4) is 0 Å². The minimum atomic E-state index is -2.34. The van der Waals surface area contributed by atoms with E-state index < -0.39 is 90.4 Å². The molecule has 19 nitrogen and oxygen atoms in total. The van der Waals surface area contributed by atoms with Crippen LogP contribution in [0.25, 0.3) is 0 Å². The second-order valence-electron chi connectivity index (χ2n) is 11.4. The lowest BCUT2D eigenvalue weighted by molar-refractivity contribution is -0.160. The molecule has 2 unspecified atom stereocenters. The fraction of sp³-hybridized carbons (Fsp3) is 0.355. The summed E-state index contributed by atoms with van der Waals surface area (Å²) in [5.41, 5.74) is 10.6. The summed E-state index contributed by atoms with van der Waals surface area (Å²) in [6.07, 6.45) is 4.76. The van der Waals surface area contributed by atoms with Gasteiger partial charge in [0.1, 0.15) is 5.92 Å². The number of amides is 9. The molecular formula is C31H34N8O11. The van der Waals surface area contributed by atoms with Gasteiger partial charge in [0.15, 0.2) is 11.7 Å². The molecule has 0 bridgehead atoms. The number of ether oxygens (including phenoxy) is 1. The third-order valence-electron chi connectivity index (χ3n) is 7.83. The van der Waals surface area contributed by atoms with Crippen molar-refractivity contribution in [3.63, 3.8) is 0 Å². The van der Waals surface area contributed by atoms with Gasteiger partial charge in [0.2, 0.25) is 17.7 Å². The van der Waals surface area contributed by atoms with Crippen molar-refractivity contribution in [3.8, 4) is 5.75 Å². The Bertz CT molecular complexity index is 1690. The molecule has 3 aliphatic heterocycles. The molecule has 0 saturated carbocycles. The van der Waals surface area contributed by atoms with E-state index in [2.05, 4.69) is 5.32 Å². The summed E-state index contributed by atoms with van der Waals surface area (Å²) >= 11 is 0. The van der Waals surface area contributed by atoms with Crippen molar-refractivity contribution in [3.05, 3.63) is 48.1 Å². The van der Waals surface area contributed by atoms with Crippen molar-refractivity contribution in [1.29, 1.82) is 0 Å². The van der Waals surface area contributed by atoms with Crippen molar-refractivity contribution >= 4 is 64.8 Å². The van der Waals surface area contributed by atoms with Crippen molar-refractivity contribution in [2.24, 2.45) is 23.4 Å². The van der Waals surface area contributed by atoms with Crippen molar-refractivity contribution < 1.29 is 52.7 Å². The number of fused-ring (bicyclic) bond motifs is 1. The molecule has 9 amide bonds.